The Balaban J connectivity index is 3.71. The second-order valence-corrected chi connectivity index (χ2v) is 4.26. The van der Waals surface area contributed by atoms with Crippen LogP contribution in [0.1, 0.15) is 33.6 Å². The number of hydrogen-bond acceptors (Lipinski definition) is 2. The van der Waals surface area contributed by atoms with Crippen molar-refractivity contribution in [1.29, 1.82) is 0 Å². The molecule has 76 valence electrons. The second kappa shape index (κ2) is 5.91. The van der Waals surface area contributed by atoms with E-state index < -0.39 is 0 Å². The number of rotatable bonds is 5. The first-order valence-corrected chi connectivity index (χ1v) is 4.90. The third-order valence-electron chi connectivity index (χ3n) is 1.51. The lowest BCUT2D eigenvalue weighted by atomic mass is 10.1. The van der Waals surface area contributed by atoms with Gasteiger partial charge in [0.2, 0.25) is 5.91 Å². The van der Waals surface area contributed by atoms with E-state index in [9.17, 15) is 4.79 Å². The number of nitrogens with two attached hydrogens (primary N) is 1. The van der Waals surface area contributed by atoms with Gasteiger partial charge < -0.3 is 11.1 Å². The zero-order valence-corrected chi connectivity index (χ0v) is 9.28. The molecule has 3 nitrogen and oxygen atoms in total. The van der Waals surface area contributed by atoms with Crippen molar-refractivity contribution >= 4 is 23.1 Å². The molecule has 0 aromatic rings. The molecule has 1 amide bonds. The van der Waals surface area contributed by atoms with Crippen LogP contribution in [0.2, 0.25) is 0 Å². The van der Waals surface area contributed by atoms with Crippen LogP contribution in [0, 0.1) is 5.92 Å². The van der Waals surface area contributed by atoms with Gasteiger partial charge in [-0.2, -0.15) is 0 Å². The van der Waals surface area contributed by atoms with E-state index in [1.54, 1.807) is 0 Å². The Labute approximate surface area is 85.1 Å². The van der Waals surface area contributed by atoms with Gasteiger partial charge in [-0.3, -0.25) is 4.79 Å². The summed E-state index contributed by atoms with van der Waals surface area (Å²) in [7, 11) is 0. The lowest BCUT2D eigenvalue weighted by Crippen LogP contribution is -2.35. The molecule has 0 rings (SSSR count). The van der Waals surface area contributed by atoms with Gasteiger partial charge in [-0.1, -0.05) is 26.1 Å². The number of amides is 1. The minimum atomic E-state index is 0.0451. The third-order valence-corrected chi connectivity index (χ3v) is 1.68. The lowest BCUT2D eigenvalue weighted by Gasteiger charge is -2.13. The highest BCUT2D eigenvalue weighted by Gasteiger charge is 2.09. The monoisotopic (exact) mass is 202 g/mol. The first-order chi connectivity index (χ1) is 5.91. The van der Waals surface area contributed by atoms with Crippen LogP contribution in [0.15, 0.2) is 0 Å². The summed E-state index contributed by atoms with van der Waals surface area (Å²) in [6, 6.07) is 0.0451. The summed E-state index contributed by atoms with van der Waals surface area (Å²) in [4.78, 5) is 11.7. The summed E-state index contributed by atoms with van der Waals surface area (Å²) in [6.45, 7) is 5.92. The second-order valence-electron chi connectivity index (χ2n) is 3.74. The van der Waals surface area contributed by atoms with Gasteiger partial charge in [-0.15, -0.1) is 0 Å². The van der Waals surface area contributed by atoms with Crippen molar-refractivity contribution in [2.24, 2.45) is 11.7 Å². The highest BCUT2D eigenvalue weighted by atomic mass is 32.1. The fraction of sp³-hybridized carbons (Fsp3) is 0.778. The molecule has 0 saturated heterocycles. The van der Waals surface area contributed by atoms with E-state index in [4.69, 9.17) is 18.0 Å². The lowest BCUT2D eigenvalue weighted by molar-refractivity contribution is -0.122. The third kappa shape index (κ3) is 7.71. The number of thiocarbonyl (C=S) groups is 1. The van der Waals surface area contributed by atoms with Crippen LogP contribution in [0.25, 0.3) is 0 Å². The van der Waals surface area contributed by atoms with Crippen molar-refractivity contribution in [2.45, 2.75) is 39.7 Å². The summed E-state index contributed by atoms with van der Waals surface area (Å²) in [5, 5.41) is 2.84. The van der Waals surface area contributed by atoms with Gasteiger partial charge in [0.05, 0.1) is 4.99 Å². The van der Waals surface area contributed by atoms with Gasteiger partial charge in [-0.05, 0) is 12.8 Å². The van der Waals surface area contributed by atoms with Crippen molar-refractivity contribution in [3.63, 3.8) is 0 Å². The van der Waals surface area contributed by atoms with Gasteiger partial charge in [0.1, 0.15) is 0 Å². The molecule has 13 heavy (non-hydrogen) atoms. The Kier molecular flexibility index (Phi) is 5.62. The minimum absolute atomic E-state index is 0.0451. The molecular weight excluding hydrogens is 184 g/mol. The van der Waals surface area contributed by atoms with E-state index in [1.165, 1.54) is 0 Å². The summed E-state index contributed by atoms with van der Waals surface area (Å²) in [6.07, 6.45) is 1.13. The zero-order valence-electron chi connectivity index (χ0n) is 8.46. The van der Waals surface area contributed by atoms with E-state index >= 15 is 0 Å². The molecule has 0 aromatic heterocycles. The number of nitrogens with one attached hydrogen (secondary N) is 1. The largest absolute Gasteiger partial charge is 0.393 e. The van der Waals surface area contributed by atoms with E-state index in [1.807, 2.05) is 20.8 Å². The van der Waals surface area contributed by atoms with Crippen molar-refractivity contribution in [3.8, 4) is 0 Å². The molecule has 0 fully saturated rings. The highest BCUT2D eigenvalue weighted by molar-refractivity contribution is 7.80. The van der Waals surface area contributed by atoms with E-state index in [0.29, 0.717) is 23.7 Å². The maximum absolute atomic E-state index is 11.3. The smallest absolute Gasteiger partial charge is 0.220 e. The van der Waals surface area contributed by atoms with Crippen LogP contribution >= 0.6 is 12.2 Å². The number of hydrogen-bond donors (Lipinski definition) is 2. The first kappa shape index (κ1) is 12.4. The van der Waals surface area contributed by atoms with Gasteiger partial charge in [0.15, 0.2) is 0 Å². The molecule has 0 spiro atoms. The van der Waals surface area contributed by atoms with Crippen LogP contribution in [0.3, 0.4) is 0 Å². The van der Waals surface area contributed by atoms with E-state index in [2.05, 4.69) is 5.32 Å². The van der Waals surface area contributed by atoms with Gasteiger partial charge in [0, 0.05) is 18.9 Å². The molecular formula is C9H18N2OS. The van der Waals surface area contributed by atoms with Crippen molar-refractivity contribution in [1.82, 2.24) is 5.32 Å². The van der Waals surface area contributed by atoms with Gasteiger partial charge in [-0.25, -0.2) is 0 Å². The molecule has 3 N–H and O–H groups in total. The quantitative estimate of drug-likeness (QED) is 0.659. The SMILES string of the molecule is CC(C)CC(=O)NC(C)CC(N)=S. The van der Waals surface area contributed by atoms with Crippen LogP contribution in [0.5, 0.6) is 0 Å². The topological polar surface area (TPSA) is 55.1 Å². The molecule has 0 saturated carbocycles. The van der Waals surface area contributed by atoms with Crippen molar-refractivity contribution in [2.75, 3.05) is 0 Å². The summed E-state index contributed by atoms with van der Waals surface area (Å²) < 4.78 is 0. The maximum Gasteiger partial charge on any atom is 0.220 e. The Hall–Kier alpha value is -0.640. The van der Waals surface area contributed by atoms with Gasteiger partial charge >= 0.3 is 0 Å². The molecule has 1 atom stereocenters. The maximum atomic E-state index is 11.3. The zero-order chi connectivity index (χ0) is 10.4. The Morgan fingerprint density at radius 1 is 1.38 bits per heavy atom. The van der Waals surface area contributed by atoms with Crippen LogP contribution in [-0.4, -0.2) is 16.9 Å². The molecule has 0 aromatic carbocycles. The Morgan fingerprint density at radius 3 is 2.31 bits per heavy atom. The van der Waals surface area contributed by atoms with Crippen molar-refractivity contribution in [3.05, 3.63) is 0 Å². The van der Waals surface area contributed by atoms with Crippen molar-refractivity contribution < 1.29 is 4.79 Å². The fourth-order valence-electron chi connectivity index (χ4n) is 1.06. The summed E-state index contributed by atoms with van der Waals surface area (Å²) in [5.74, 6) is 0.454. The predicted octanol–water partition coefficient (Wildman–Crippen LogP) is 1.21. The summed E-state index contributed by atoms with van der Waals surface area (Å²) >= 11 is 4.74. The first-order valence-electron chi connectivity index (χ1n) is 4.49. The average molecular weight is 202 g/mol. The number of carbonyl (C=O) groups is 1. The molecule has 0 bridgehead atoms. The van der Waals surface area contributed by atoms with Gasteiger partial charge in [0.25, 0.3) is 0 Å². The normalized spacial score (nSPS) is 12.6. The van der Waals surface area contributed by atoms with Crippen LogP contribution < -0.4 is 11.1 Å². The number of carbonyl (C=O) groups excluding carboxylic acids is 1. The standard InChI is InChI=1S/C9H18N2OS/c1-6(2)4-9(12)11-7(3)5-8(10)13/h6-7H,4-5H2,1-3H3,(H2,10,13)(H,11,12). The molecule has 0 aliphatic carbocycles. The predicted molar refractivity (Wildman–Crippen MR) is 58.5 cm³/mol. The Morgan fingerprint density at radius 2 is 1.92 bits per heavy atom. The summed E-state index contributed by atoms with van der Waals surface area (Å²) in [5.41, 5.74) is 5.35. The highest BCUT2D eigenvalue weighted by Crippen LogP contribution is 2.00. The molecule has 0 aliphatic heterocycles. The average Bonchev–Trinajstić information content (AvgIpc) is 1.80. The molecule has 0 radical (unpaired) electrons. The molecule has 4 heteroatoms. The van der Waals surface area contributed by atoms with Crippen LogP contribution in [0.4, 0.5) is 0 Å². The molecule has 1 unspecified atom stereocenters. The fourth-order valence-corrected chi connectivity index (χ4v) is 1.31. The Bertz CT molecular complexity index is 192. The molecule has 0 heterocycles. The van der Waals surface area contributed by atoms with E-state index in [0.717, 1.165) is 0 Å². The molecule has 0 aliphatic rings. The minimum Gasteiger partial charge on any atom is -0.393 e. The van der Waals surface area contributed by atoms with E-state index in [-0.39, 0.29) is 11.9 Å². The van der Waals surface area contributed by atoms with Crippen LogP contribution in [-0.2, 0) is 4.79 Å².